The molecule has 6 heteroatoms. The average molecular weight is 165 g/mol. The van der Waals surface area contributed by atoms with E-state index in [4.69, 9.17) is 5.14 Å². The van der Waals surface area contributed by atoms with Gasteiger partial charge in [0.15, 0.2) is 0 Å². The molecule has 1 atom stereocenters. The molecule has 5 nitrogen and oxygen atoms in total. The maximum absolute atomic E-state index is 10.7. The van der Waals surface area contributed by atoms with Gasteiger partial charge in [-0.05, 0) is 0 Å². The Morgan fingerprint density at radius 2 is 2.10 bits per heavy atom. The van der Waals surface area contributed by atoms with Crippen LogP contribution in [0.4, 0.5) is 0 Å². The molecular weight excluding hydrogens is 154 g/mol. The third-order valence-electron chi connectivity index (χ3n) is 1.40. The van der Waals surface area contributed by atoms with E-state index in [1.807, 2.05) is 0 Å². The molecule has 1 heterocycles. The number of primary sulfonamides is 1. The fraction of sp³-hybridized carbons (Fsp3) is 1.00. The lowest BCUT2D eigenvalue weighted by Crippen LogP contribution is -2.54. The van der Waals surface area contributed by atoms with Gasteiger partial charge in [-0.3, -0.25) is 5.32 Å². The van der Waals surface area contributed by atoms with Gasteiger partial charge in [0.05, 0.1) is 0 Å². The highest BCUT2D eigenvalue weighted by molar-refractivity contribution is 7.89. The number of nitrogens with two attached hydrogens (primary N) is 1. The number of hydrogen-bond donors (Lipinski definition) is 3. The lowest BCUT2D eigenvalue weighted by molar-refractivity contribution is 0.475. The highest BCUT2D eigenvalue weighted by atomic mass is 32.2. The standard InChI is InChI=1S/C4H11N3O2S/c5-10(8,9)4-3-6-1-2-7-4/h4,6-7H,1-3H2,(H2,5,8,9). The first-order valence-corrected chi connectivity index (χ1v) is 4.67. The molecule has 0 aromatic carbocycles. The molecule has 0 amide bonds. The molecule has 10 heavy (non-hydrogen) atoms. The quantitative estimate of drug-likeness (QED) is 0.411. The summed E-state index contributed by atoms with van der Waals surface area (Å²) in [6.45, 7) is 1.85. The van der Waals surface area contributed by atoms with Gasteiger partial charge in [0, 0.05) is 19.6 Å². The molecular formula is C4H11N3O2S. The molecule has 1 saturated heterocycles. The Hall–Kier alpha value is -0.170. The molecule has 0 spiro atoms. The Kier molecular flexibility index (Phi) is 2.24. The van der Waals surface area contributed by atoms with Crippen molar-refractivity contribution in [3.05, 3.63) is 0 Å². The van der Waals surface area contributed by atoms with Crippen molar-refractivity contribution in [2.75, 3.05) is 19.6 Å². The summed E-state index contributed by atoms with van der Waals surface area (Å²) < 4.78 is 21.3. The highest BCUT2D eigenvalue weighted by Gasteiger charge is 2.22. The second kappa shape index (κ2) is 2.83. The second-order valence-electron chi connectivity index (χ2n) is 2.24. The minimum Gasteiger partial charge on any atom is -0.313 e. The summed E-state index contributed by atoms with van der Waals surface area (Å²) in [6.07, 6.45) is 0. The summed E-state index contributed by atoms with van der Waals surface area (Å²) in [5.74, 6) is 0. The van der Waals surface area contributed by atoms with Crippen LogP contribution in [0, 0.1) is 0 Å². The number of piperazine rings is 1. The number of hydrogen-bond acceptors (Lipinski definition) is 4. The van der Waals surface area contributed by atoms with Crippen LogP contribution in [0.15, 0.2) is 0 Å². The van der Waals surface area contributed by atoms with Gasteiger partial charge in [0.1, 0.15) is 5.37 Å². The monoisotopic (exact) mass is 165 g/mol. The molecule has 0 bridgehead atoms. The molecule has 1 rings (SSSR count). The van der Waals surface area contributed by atoms with Gasteiger partial charge in [0.2, 0.25) is 10.0 Å². The van der Waals surface area contributed by atoms with E-state index in [1.54, 1.807) is 0 Å². The number of sulfonamides is 1. The summed E-state index contributed by atoms with van der Waals surface area (Å²) >= 11 is 0. The molecule has 0 aromatic rings. The van der Waals surface area contributed by atoms with Crippen LogP contribution in [0.5, 0.6) is 0 Å². The molecule has 4 N–H and O–H groups in total. The Bertz CT molecular complexity index is 195. The molecule has 0 aliphatic carbocycles. The lowest BCUT2D eigenvalue weighted by atomic mass is 10.4. The van der Waals surface area contributed by atoms with Crippen LogP contribution in [0.2, 0.25) is 0 Å². The van der Waals surface area contributed by atoms with Crippen molar-refractivity contribution in [2.24, 2.45) is 5.14 Å². The van der Waals surface area contributed by atoms with Crippen LogP contribution in [-0.2, 0) is 10.0 Å². The van der Waals surface area contributed by atoms with E-state index in [9.17, 15) is 8.42 Å². The molecule has 1 unspecified atom stereocenters. The van der Waals surface area contributed by atoms with Crippen LogP contribution in [0.25, 0.3) is 0 Å². The van der Waals surface area contributed by atoms with Crippen LogP contribution in [0.3, 0.4) is 0 Å². The van der Waals surface area contributed by atoms with Crippen LogP contribution in [-0.4, -0.2) is 33.4 Å². The largest absolute Gasteiger partial charge is 0.313 e. The maximum Gasteiger partial charge on any atom is 0.226 e. The Morgan fingerprint density at radius 1 is 1.40 bits per heavy atom. The molecule has 0 radical (unpaired) electrons. The third-order valence-corrected chi connectivity index (χ3v) is 2.53. The minimum absolute atomic E-state index is 0.402. The molecule has 1 aliphatic rings. The van der Waals surface area contributed by atoms with Crippen molar-refractivity contribution < 1.29 is 8.42 Å². The average Bonchev–Trinajstić information content (AvgIpc) is 1.88. The summed E-state index contributed by atoms with van der Waals surface area (Å²) in [5.41, 5.74) is 0. The summed E-state index contributed by atoms with van der Waals surface area (Å²) in [6, 6.07) is 0. The van der Waals surface area contributed by atoms with E-state index >= 15 is 0 Å². The Morgan fingerprint density at radius 3 is 2.40 bits per heavy atom. The molecule has 60 valence electrons. The van der Waals surface area contributed by atoms with Gasteiger partial charge in [-0.15, -0.1) is 0 Å². The van der Waals surface area contributed by atoms with Crippen LogP contribution >= 0.6 is 0 Å². The van der Waals surface area contributed by atoms with Crippen molar-refractivity contribution in [1.29, 1.82) is 0 Å². The molecule has 0 aromatic heterocycles. The number of rotatable bonds is 1. The van der Waals surface area contributed by atoms with E-state index in [1.165, 1.54) is 0 Å². The van der Waals surface area contributed by atoms with Crippen molar-refractivity contribution in [1.82, 2.24) is 10.6 Å². The zero-order valence-electron chi connectivity index (χ0n) is 5.50. The van der Waals surface area contributed by atoms with E-state index < -0.39 is 15.4 Å². The van der Waals surface area contributed by atoms with Crippen molar-refractivity contribution in [3.63, 3.8) is 0 Å². The first-order chi connectivity index (χ1) is 4.61. The normalized spacial score (nSPS) is 28.3. The van der Waals surface area contributed by atoms with Crippen molar-refractivity contribution in [3.8, 4) is 0 Å². The fourth-order valence-corrected chi connectivity index (χ4v) is 1.56. The zero-order valence-corrected chi connectivity index (χ0v) is 6.32. The van der Waals surface area contributed by atoms with Gasteiger partial charge in [-0.25, -0.2) is 13.6 Å². The second-order valence-corrected chi connectivity index (χ2v) is 3.98. The smallest absolute Gasteiger partial charge is 0.226 e. The van der Waals surface area contributed by atoms with E-state index in [2.05, 4.69) is 10.6 Å². The zero-order chi connectivity index (χ0) is 7.61. The first-order valence-electron chi connectivity index (χ1n) is 3.06. The van der Waals surface area contributed by atoms with E-state index in [0.717, 1.165) is 6.54 Å². The van der Waals surface area contributed by atoms with Gasteiger partial charge in [-0.2, -0.15) is 0 Å². The van der Waals surface area contributed by atoms with Crippen molar-refractivity contribution >= 4 is 10.0 Å². The van der Waals surface area contributed by atoms with Crippen LogP contribution < -0.4 is 15.8 Å². The maximum atomic E-state index is 10.7. The SMILES string of the molecule is NS(=O)(=O)C1CNCCN1. The van der Waals surface area contributed by atoms with Gasteiger partial charge >= 0.3 is 0 Å². The molecule has 0 saturated carbocycles. The van der Waals surface area contributed by atoms with E-state index in [-0.39, 0.29) is 0 Å². The third kappa shape index (κ3) is 1.91. The highest BCUT2D eigenvalue weighted by Crippen LogP contribution is 1.91. The Balaban J connectivity index is 2.56. The topological polar surface area (TPSA) is 84.2 Å². The van der Waals surface area contributed by atoms with Gasteiger partial charge in [0.25, 0.3) is 0 Å². The van der Waals surface area contributed by atoms with Crippen LogP contribution in [0.1, 0.15) is 0 Å². The lowest BCUT2D eigenvalue weighted by Gasteiger charge is -2.21. The van der Waals surface area contributed by atoms with Gasteiger partial charge in [-0.1, -0.05) is 0 Å². The summed E-state index contributed by atoms with van der Waals surface area (Å²) in [7, 11) is -3.40. The molecule has 1 aliphatic heterocycles. The Labute approximate surface area is 60.0 Å². The summed E-state index contributed by atoms with van der Waals surface area (Å²) in [5, 5.41) is 9.97. The summed E-state index contributed by atoms with van der Waals surface area (Å²) in [4.78, 5) is 0. The minimum atomic E-state index is -3.40. The molecule has 1 fully saturated rings. The fourth-order valence-electron chi connectivity index (χ4n) is 0.859. The van der Waals surface area contributed by atoms with E-state index in [0.29, 0.717) is 13.1 Å². The number of nitrogens with one attached hydrogen (secondary N) is 2. The van der Waals surface area contributed by atoms with Crippen molar-refractivity contribution in [2.45, 2.75) is 5.37 Å². The predicted molar refractivity (Wildman–Crippen MR) is 37.8 cm³/mol. The predicted octanol–water partition coefficient (Wildman–Crippen LogP) is -2.21. The van der Waals surface area contributed by atoms with Gasteiger partial charge < -0.3 is 5.32 Å². The first kappa shape index (κ1) is 7.93.